The standard InChI is InChI=1S/C32H32ClF3N4O3S/c1-4-43-21-9-10-24(33)27(15-21)40-26(14-19(2)3)22(30(41)39-12-6-5-7-13-39)16-23(31(40)42)29-38-25(18-44-29)20-8-11-28(37-17-20)32(34,35)36/h8-11,15-19H,4-7,12-14H2,1-3H3. The van der Waals surface area contributed by atoms with Gasteiger partial charge in [-0.25, -0.2) is 4.98 Å². The second-order valence-corrected chi connectivity index (χ2v) is 12.3. The third-order valence-electron chi connectivity index (χ3n) is 7.33. The lowest BCUT2D eigenvalue weighted by molar-refractivity contribution is -0.141. The van der Waals surface area contributed by atoms with Crippen LogP contribution in [0.4, 0.5) is 13.2 Å². The van der Waals surface area contributed by atoms with Crippen LogP contribution in [0.1, 0.15) is 61.8 Å². The van der Waals surface area contributed by atoms with E-state index >= 15 is 0 Å². The van der Waals surface area contributed by atoms with Gasteiger partial charge in [-0.1, -0.05) is 25.4 Å². The number of amides is 1. The van der Waals surface area contributed by atoms with E-state index in [0.29, 0.717) is 70.1 Å². The predicted molar refractivity (Wildman–Crippen MR) is 166 cm³/mol. The van der Waals surface area contributed by atoms with E-state index in [1.54, 1.807) is 29.6 Å². The molecular formula is C32H32ClF3N4O3S. The first kappa shape index (κ1) is 31.7. The smallest absolute Gasteiger partial charge is 0.433 e. The Labute approximate surface area is 262 Å². The summed E-state index contributed by atoms with van der Waals surface area (Å²) in [7, 11) is 0. The fourth-order valence-electron chi connectivity index (χ4n) is 5.26. The first-order valence-corrected chi connectivity index (χ1v) is 15.7. The van der Waals surface area contributed by atoms with Crippen LogP contribution < -0.4 is 10.3 Å². The molecule has 1 aliphatic heterocycles. The maximum absolute atomic E-state index is 14.4. The molecule has 1 aromatic carbocycles. The van der Waals surface area contributed by atoms with Gasteiger partial charge in [-0.3, -0.25) is 19.1 Å². The minimum absolute atomic E-state index is 0.104. The highest BCUT2D eigenvalue weighted by Crippen LogP contribution is 2.34. The van der Waals surface area contributed by atoms with Crippen LogP contribution in [0.2, 0.25) is 5.02 Å². The van der Waals surface area contributed by atoms with E-state index in [2.05, 4.69) is 9.97 Å². The lowest BCUT2D eigenvalue weighted by atomic mass is 9.98. The fraction of sp³-hybridized carbons (Fsp3) is 0.375. The Hall–Kier alpha value is -3.70. The Kier molecular flexibility index (Phi) is 9.45. The molecule has 5 rings (SSSR count). The Morgan fingerprint density at radius 2 is 1.86 bits per heavy atom. The normalized spacial score (nSPS) is 13.9. The molecule has 1 amide bonds. The molecule has 4 aromatic rings. The summed E-state index contributed by atoms with van der Waals surface area (Å²) < 4.78 is 46.4. The quantitative estimate of drug-likeness (QED) is 0.195. The van der Waals surface area contributed by atoms with E-state index in [0.717, 1.165) is 42.9 Å². The Balaban J connectivity index is 1.72. The summed E-state index contributed by atoms with van der Waals surface area (Å²) in [5, 5.41) is 2.28. The summed E-state index contributed by atoms with van der Waals surface area (Å²) in [4.78, 5) is 38.5. The van der Waals surface area contributed by atoms with Gasteiger partial charge in [-0.05, 0) is 68.9 Å². The molecule has 0 unspecified atom stereocenters. The average molecular weight is 645 g/mol. The Morgan fingerprint density at radius 3 is 2.50 bits per heavy atom. The molecule has 1 aliphatic rings. The van der Waals surface area contributed by atoms with Crippen LogP contribution in [-0.4, -0.2) is 45.0 Å². The number of likely N-dealkylation sites (tertiary alicyclic amines) is 1. The minimum Gasteiger partial charge on any atom is -0.494 e. The number of pyridine rings is 2. The van der Waals surface area contributed by atoms with Crippen molar-refractivity contribution in [3.05, 3.63) is 80.3 Å². The summed E-state index contributed by atoms with van der Waals surface area (Å²) in [6.07, 6.45) is -0.176. The number of benzene rings is 1. The Bertz CT molecular complexity index is 1710. The minimum atomic E-state index is -4.56. The van der Waals surface area contributed by atoms with Gasteiger partial charge in [-0.2, -0.15) is 13.2 Å². The van der Waals surface area contributed by atoms with Crippen LogP contribution in [-0.2, 0) is 12.6 Å². The van der Waals surface area contributed by atoms with Crippen LogP contribution in [0.3, 0.4) is 0 Å². The molecule has 44 heavy (non-hydrogen) atoms. The average Bonchev–Trinajstić information content (AvgIpc) is 3.48. The van der Waals surface area contributed by atoms with Crippen molar-refractivity contribution in [2.45, 2.75) is 52.6 Å². The third-order valence-corrected chi connectivity index (χ3v) is 8.53. The number of alkyl halides is 3. The predicted octanol–water partition coefficient (Wildman–Crippen LogP) is 7.92. The highest BCUT2D eigenvalue weighted by Gasteiger charge is 2.32. The van der Waals surface area contributed by atoms with E-state index in [-0.39, 0.29) is 17.4 Å². The molecule has 7 nitrogen and oxygen atoms in total. The third kappa shape index (κ3) is 6.68. The van der Waals surface area contributed by atoms with E-state index in [4.69, 9.17) is 16.3 Å². The zero-order chi connectivity index (χ0) is 31.6. The van der Waals surface area contributed by atoms with E-state index < -0.39 is 17.4 Å². The van der Waals surface area contributed by atoms with Crippen molar-refractivity contribution in [3.63, 3.8) is 0 Å². The summed E-state index contributed by atoms with van der Waals surface area (Å²) in [6.45, 7) is 7.54. The number of hydrogen-bond donors (Lipinski definition) is 0. The molecule has 0 saturated carbocycles. The summed E-state index contributed by atoms with van der Waals surface area (Å²) in [6, 6.07) is 8.87. The lowest BCUT2D eigenvalue weighted by Gasteiger charge is -2.29. The molecular weight excluding hydrogens is 613 g/mol. The molecule has 0 aliphatic carbocycles. The molecule has 3 aromatic heterocycles. The number of carbonyl (C=O) groups is 1. The van der Waals surface area contributed by atoms with Crippen LogP contribution >= 0.6 is 22.9 Å². The number of ether oxygens (including phenoxy) is 1. The maximum atomic E-state index is 14.4. The van der Waals surface area contributed by atoms with Gasteiger partial charge >= 0.3 is 6.18 Å². The van der Waals surface area contributed by atoms with Crippen molar-refractivity contribution in [3.8, 4) is 33.3 Å². The number of thiazole rings is 1. The molecule has 0 atom stereocenters. The monoisotopic (exact) mass is 644 g/mol. The highest BCUT2D eigenvalue weighted by atomic mass is 35.5. The van der Waals surface area contributed by atoms with E-state index in [1.807, 2.05) is 25.7 Å². The SMILES string of the molecule is CCOc1ccc(Cl)c(-n2c(CC(C)C)c(C(=O)N3CCCCC3)cc(-c3nc(-c4ccc(C(F)(F)F)nc4)cs3)c2=O)c1. The van der Waals surface area contributed by atoms with Gasteiger partial charge in [0.1, 0.15) is 16.5 Å². The van der Waals surface area contributed by atoms with Gasteiger partial charge in [-0.15, -0.1) is 11.3 Å². The first-order chi connectivity index (χ1) is 21.0. The van der Waals surface area contributed by atoms with Gasteiger partial charge in [0, 0.05) is 42.0 Å². The Morgan fingerprint density at radius 1 is 1.11 bits per heavy atom. The molecule has 0 bridgehead atoms. The first-order valence-electron chi connectivity index (χ1n) is 14.5. The molecule has 232 valence electrons. The van der Waals surface area contributed by atoms with Crippen molar-refractivity contribution in [1.82, 2.24) is 19.4 Å². The van der Waals surface area contributed by atoms with Gasteiger partial charge < -0.3 is 9.64 Å². The van der Waals surface area contributed by atoms with Crippen LogP contribution in [0.15, 0.2) is 52.8 Å². The molecule has 12 heteroatoms. The molecule has 1 fully saturated rings. The molecule has 0 N–H and O–H groups in total. The van der Waals surface area contributed by atoms with Crippen LogP contribution in [0.25, 0.3) is 27.5 Å². The number of hydrogen-bond acceptors (Lipinski definition) is 6. The summed E-state index contributed by atoms with van der Waals surface area (Å²) in [5.74, 6) is 0.456. The van der Waals surface area contributed by atoms with Crippen molar-refractivity contribution in [2.75, 3.05) is 19.7 Å². The van der Waals surface area contributed by atoms with Gasteiger partial charge in [0.25, 0.3) is 11.5 Å². The van der Waals surface area contributed by atoms with Crippen molar-refractivity contribution >= 4 is 28.8 Å². The van der Waals surface area contributed by atoms with Crippen molar-refractivity contribution in [2.24, 2.45) is 5.92 Å². The number of rotatable bonds is 8. The van der Waals surface area contributed by atoms with Crippen molar-refractivity contribution in [1.29, 1.82) is 0 Å². The summed E-state index contributed by atoms with van der Waals surface area (Å²) in [5.41, 5.74) is 0.816. The second kappa shape index (κ2) is 13.1. The summed E-state index contributed by atoms with van der Waals surface area (Å²) >= 11 is 7.87. The largest absolute Gasteiger partial charge is 0.494 e. The lowest BCUT2D eigenvalue weighted by Crippen LogP contribution is -2.38. The second-order valence-electron chi connectivity index (χ2n) is 11.0. The van der Waals surface area contributed by atoms with Gasteiger partial charge in [0.2, 0.25) is 0 Å². The zero-order valence-corrected chi connectivity index (χ0v) is 26.2. The van der Waals surface area contributed by atoms with Crippen LogP contribution in [0.5, 0.6) is 5.75 Å². The number of piperidine rings is 1. The fourth-order valence-corrected chi connectivity index (χ4v) is 6.30. The number of nitrogens with zero attached hydrogens (tertiary/aromatic N) is 4. The molecule has 0 radical (unpaired) electrons. The zero-order valence-electron chi connectivity index (χ0n) is 24.6. The molecule has 0 spiro atoms. The van der Waals surface area contributed by atoms with E-state index in [9.17, 15) is 22.8 Å². The van der Waals surface area contributed by atoms with Gasteiger partial charge in [0.15, 0.2) is 0 Å². The highest BCUT2D eigenvalue weighted by molar-refractivity contribution is 7.13. The maximum Gasteiger partial charge on any atom is 0.433 e. The number of carbonyl (C=O) groups excluding carboxylic acids is 1. The van der Waals surface area contributed by atoms with Crippen LogP contribution in [0, 0.1) is 5.92 Å². The van der Waals surface area contributed by atoms with Crippen molar-refractivity contribution < 1.29 is 22.7 Å². The van der Waals surface area contributed by atoms with E-state index in [1.165, 1.54) is 10.6 Å². The molecule has 4 heterocycles. The van der Waals surface area contributed by atoms with Gasteiger partial charge in [0.05, 0.1) is 34.1 Å². The molecule has 1 saturated heterocycles. The number of halogens is 4. The number of aromatic nitrogens is 3. The topological polar surface area (TPSA) is 77.3 Å².